The van der Waals surface area contributed by atoms with E-state index in [9.17, 15) is 4.79 Å². The molecule has 0 atom stereocenters. The van der Waals surface area contributed by atoms with Crippen LogP contribution in [0, 0.1) is 0 Å². The Hall–Kier alpha value is -2.93. The van der Waals surface area contributed by atoms with Crippen molar-refractivity contribution in [2.45, 2.75) is 6.61 Å². The van der Waals surface area contributed by atoms with Gasteiger partial charge in [-0.25, -0.2) is 4.79 Å². The number of ether oxygens (including phenoxy) is 2. The molecule has 0 spiro atoms. The van der Waals surface area contributed by atoms with Crippen LogP contribution in [0.15, 0.2) is 52.4 Å². The van der Waals surface area contributed by atoms with Crippen molar-refractivity contribution in [1.29, 1.82) is 0 Å². The van der Waals surface area contributed by atoms with Gasteiger partial charge in [0.1, 0.15) is 5.75 Å². The second-order valence-electron chi connectivity index (χ2n) is 4.67. The molecule has 0 radical (unpaired) electrons. The van der Waals surface area contributed by atoms with Crippen molar-refractivity contribution in [3.05, 3.63) is 58.6 Å². The minimum Gasteiger partial charge on any atom is -0.496 e. The normalized spacial score (nSPS) is 10.9. The average molecular weight is 342 g/mol. The average Bonchev–Trinajstić information content (AvgIpc) is 3.29. The number of carbonyl (C=O) groups is 1. The molecule has 2 heterocycles. The highest BCUT2D eigenvalue weighted by Crippen LogP contribution is 2.27. The standard InChI is InChI=1S/C17H14N2O4S/c1-21-14-7-3-2-6-13(14)17-18-15(23-19-17)11-22-16(20)9-8-12-5-4-10-24-12/h2-10H,11H2,1H3/b9-8+. The predicted molar refractivity (Wildman–Crippen MR) is 89.4 cm³/mol. The molecule has 6 nitrogen and oxygen atoms in total. The third-order valence-electron chi connectivity index (χ3n) is 3.08. The lowest BCUT2D eigenvalue weighted by atomic mass is 10.2. The highest BCUT2D eigenvalue weighted by Gasteiger charge is 2.13. The smallest absolute Gasteiger partial charge is 0.331 e. The first kappa shape index (κ1) is 15.9. The summed E-state index contributed by atoms with van der Waals surface area (Å²) in [6.07, 6.45) is 3.06. The largest absolute Gasteiger partial charge is 0.496 e. The maximum atomic E-state index is 11.7. The number of nitrogens with zero attached hydrogens (tertiary/aromatic N) is 2. The van der Waals surface area contributed by atoms with Crippen molar-refractivity contribution in [3.63, 3.8) is 0 Å². The Balaban J connectivity index is 1.61. The zero-order chi connectivity index (χ0) is 16.8. The molecule has 0 bridgehead atoms. The van der Waals surface area contributed by atoms with Crippen LogP contribution in [0.4, 0.5) is 0 Å². The quantitative estimate of drug-likeness (QED) is 0.504. The number of carbonyl (C=O) groups excluding carboxylic acids is 1. The fraction of sp³-hybridized carbons (Fsp3) is 0.118. The van der Waals surface area contributed by atoms with Crippen LogP contribution >= 0.6 is 11.3 Å². The van der Waals surface area contributed by atoms with E-state index in [1.165, 1.54) is 17.4 Å². The summed E-state index contributed by atoms with van der Waals surface area (Å²) >= 11 is 1.54. The van der Waals surface area contributed by atoms with Crippen molar-refractivity contribution in [2.75, 3.05) is 7.11 Å². The van der Waals surface area contributed by atoms with Crippen LogP contribution in [0.2, 0.25) is 0 Å². The van der Waals surface area contributed by atoms with Gasteiger partial charge in [-0.1, -0.05) is 23.4 Å². The number of hydrogen-bond donors (Lipinski definition) is 0. The van der Waals surface area contributed by atoms with Crippen LogP contribution in [0.5, 0.6) is 5.75 Å². The van der Waals surface area contributed by atoms with Crippen LogP contribution in [0.1, 0.15) is 10.8 Å². The van der Waals surface area contributed by atoms with Gasteiger partial charge in [0.2, 0.25) is 5.82 Å². The van der Waals surface area contributed by atoms with Gasteiger partial charge in [0.15, 0.2) is 6.61 Å². The molecule has 0 amide bonds. The third kappa shape index (κ3) is 3.88. The number of rotatable bonds is 6. The monoisotopic (exact) mass is 342 g/mol. The second kappa shape index (κ2) is 7.56. The minimum atomic E-state index is -0.472. The van der Waals surface area contributed by atoms with Gasteiger partial charge in [-0.3, -0.25) is 0 Å². The molecule has 0 fully saturated rings. The summed E-state index contributed by atoms with van der Waals surface area (Å²) in [4.78, 5) is 16.9. The summed E-state index contributed by atoms with van der Waals surface area (Å²) in [6, 6.07) is 11.2. The summed E-state index contributed by atoms with van der Waals surface area (Å²) in [5, 5.41) is 5.82. The van der Waals surface area contributed by atoms with Gasteiger partial charge in [0.25, 0.3) is 5.89 Å². The number of methoxy groups -OCH3 is 1. The van der Waals surface area contributed by atoms with Crippen LogP contribution in [0.25, 0.3) is 17.5 Å². The Morgan fingerprint density at radius 3 is 2.96 bits per heavy atom. The maximum absolute atomic E-state index is 11.7. The molecule has 0 saturated heterocycles. The Kier molecular flexibility index (Phi) is 5.02. The summed E-state index contributed by atoms with van der Waals surface area (Å²) in [5.41, 5.74) is 0.707. The molecule has 0 aliphatic carbocycles. The van der Waals surface area contributed by atoms with E-state index in [4.69, 9.17) is 14.0 Å². The molecular weight excluding hydrogens is 328 g/mol. The lowest BCUT2D eigenvalue weighted by Crippen LogP contribution is -2.00. The van der Waals surface area contributed by atoms with Gasteiger partial charge < -0.3 is 14.0 Å². The lowest BCUT2D eigenvalue weighted by Gasteiger charge is -2.03. The van der Waals surface area contributed by atoms with Gasteiger partial charge in [0, 0.05) is 11.0 Å². The highest BCUT2D eigenvalue weighted by molar-refractivity contribution is 7.10. The second-order valence-corrected chi connectivity index (χ2v) is 5.65. The van der Waals surface area contributed by atoms with Crippen molar-refractivity contribution in [1.82, 2.24) is 10.1 Å². The number of thiophene rings is 1. The summed E-state index contributed by atoms with van der Waals surface area (Å²) < 4.78 is 15.4. The van der Waals surface area contributed by atoms with Crippen molar-refractivity contribution in [3.8, 4) is 17.1 Å². The molecule has 0 aliphatic rings. The van der Waals surface area contributed by atoms with E-state index in [0.29, 0.717) is 17.1 Å². The Bertz CT molecular complexity index is 840. The molecule has 122 valence electrons. The third-order valence-corrected chi connectivity index (χ3v) is 3.92. The van der Waals surface area contributed by atoms with Crippen molar-refractivity contribution < 1.29 is 18.8 Å². The highest BCUT2D eigenvalue weighted by atomic mass is 32.1. The molecule has 1 aromatic carbocycles. The van der Waals surface area contributed by atoms with Crippen molar-refractivity contribution >= 4 is 23.4 Å². The SMILES string of the molecule is COc1ccccc1-c1noc(COC(=O)/C=C/c2cccs2)n1. The molecular formula is C17H14N2O4S. The van der Waals surface area contributed by atoms with Crippen LogP contribution in [0.3, 0.4) is 0 Å². The molecule has 0 unspecified atom stereocenters. The Morgan fingerprint density at radius 1 is 1.29 bits per heavy atom. The molecule has 3 rings (SSSR count). The molecule has 0 N–H and O–H groups in total. The van der Waals surface area contributed by atoms with E-state index in [1.807, 2.05) is 35.7 Å². The van der Waals surface area contributed by atoms with Gasteiger partial charge in [-0.05, 0) is 29.7 Å². The lowest BCUT2D eigenvalue weighted by molar-refractivity contribution is -0.139. The van der Waals surface area contributed by atoms with E-state index in [2.05, 4.69) is 10.1 Å². The van der Waals surface area contributed by atoms with E-state index >= 15 is 0 Å². The number of benzene rings is 1. The van der Waals surface area contributed by atoms with Crippen molar-refractivity contribution in [2.24, 2.45) is 0 Å². The van der Waals surface area contributed by atoms with Gasteiger partial charge >= 0.3 is 5.97 Å². The number of hydrogen-bond acceptors (Lipinski definition) is 7. The maximum Gasteiger partial charge on any atom is 0.331 e. The Morgan fingerprint density at radius 2 is 2.17 bits per heavy atom. The first-order valence-corrected chi connectivity index (χ1v) is 7.98. The van der Waals surface area contributed by atoms with Gasteiger partial charge in [0.05, 0.1) is 12.7 Å². The molecule has 2 aromatic heterocycles. The summed E-state index contributed by atoms with van der Waals surface area (Å²) in [5.74, 6) is 0.766. The first-order valence-electron chi connectivity index (χ1n) is 7.10. The molecule has 24 heavy (non-hydrogen) atoms. The van der Waals surface area contributed by atoms with Crippen LogP contribution < -0.4 is 4.74 Å². The fourth-order valence-corrected chi connectivity index (χ4v) is 2.59. The zero-order valence-corrected chi connectivity index (χ0v) is 13.7. The van der Waals surface area contributed by atoms with Crippen LogP contribution in [-0.2, 0) is 16.1 Å². The van der Waals surface area contributed by atoms with E-state index in [-0.39, 0.29) is 12.5 Å². The molecule has 7 heteroatoms. The molecule has 0 saturated carbocycles. The fourth-order valence-electron chi connectivity index (χ4n) is 1.97. The summed E-state index contributed by atoms with van der Waals surface area (Å²) in [6.45, 7) is -0.0875. The molecule has 3 aromatic rings. The van der Waals surface area contributed by atoms with E-state index in [0.717, 1.165) is 4.88 Å². The minimum absolute atomic E-state index is 0.0875. The molecule has 0 aliphatic heterocycles. The van der Waals surface area contributed by atoms with Gasteiger partial charge in [-0.15, -0.1) is 11.3 Å². The number of esters is 1. The van der Waals surface area contributed by atoms with E-state index < -0.39 is 5.97 Å². The predicted octanol–water partition coefficient (Wildman–Crippen LogP) is 3.56. The Labute approximate surface area is 142 Å². The van der Waals surface area contributed by atoms with Gasteiger partial charge in [-0.2, -0.15) is 4.98 Å². The summed E-state index contributed by atoms with van der Waals surface area (Å²) in [7, 11) is 1.57. The number of para-hydroxylation sites is 1. The zero-order valence-electron chi connectivity index (χ0n) is 12.8. The number of aromatic nitrogens is 2. The topological polar surface area (TPSA) is 74.5 Å². The first-order chi connectivity index (χ1) is 11.8. The van der Waals surface area contributed by atoms with Crippen LogP contribution in [-0.4, -0.2) is 23.2 Å². The van der Waals surface area contributed by atoms with E-state index in [1.54, 1.807) is 19.3 Å².